The second-order valence-corrected chi connectivity index (χ2v) is 5.13. The third kappa shape index (κ3) is 6.48. The van der Waals surface area contributed by atoms with Crippen LogP contribution in [0, 0.1) is 6.92 Å². The van der Waals surface area contributed by atoms with Crippen LogP contribution in [0.25, 0.3) is 0 Å². The molecule has 106 valence electrons. The fraction of sp³-hybridized carbons (Fsp3) is 0.533. The Kier molecular flexibility index (Phi) is 7.34. The molecular formula is C15H23ClN2O. The number of halogens is 1. The van der Waals surface area contributed by atoms with Gasteiger partial charge in [0.05, 0.1) is 0 Å². The summed E-state index contributed by atoms with van der Waals surface area (Å²) in [6.07, 6.45) is 3.88. The first-order chi connectivity index (χ1) is 9.13. The van der Waals surface area contributed by atoms with Crippen molar-refractivity contribution in [2.24, 2.45) is 0 Å². The molecule has 1 rings (SSSR count). The number of unbranched alkanes of at least 4 members (excludes halogenated alkanes) is 2. The van der Waals surface area contributed by atoms with E-state index >= 15 is 0 Å². The molecule has 0 aliphatic carbocycles. The molecule has 0 unspecified atom stereocenters. The standard InChI is InChI=1S/C15H23ClN2O/c1-3-4-5-9-18-15(19)8-10-17-14-11-13(16)7-6-12(14)2/h6-7,11,17H,3-5,8-10H2,1-2H3,(H,18,19). The van der Waals surface area contributed by atoms with Crippen molar-refractivity contribution in [1.82, 2.24) is 5.32 Å². The third-order valence-electron chi connectivity index (χ3n) is 2.97. The van der Waals surface area contributed by atoms with E-state index in [4.69, 9.17) is 11.6 Å². The average molecular weight is 283 g/mol. The maximum absolute atomic E-state index is 11.6. The molecule has 0 saturated carbocycles. The van der Waals surface area contributed by atoms with E-state index < -0.39 is 0 Å². The average Bonchev–Trinajstić information content (AvgIpc) is 2.39. The predicted octanol–water partition coefficient (Wildman–Crippen LogP) is 3.76. The molecule has 19 heavy (non-hydrogen) atoms. The largest absolute Gasteiger partial charge is 0.384 e. The molecule has 1 aromatic rings. The van der Waals surface area contributed by atoms with Crippen LogP contribution in [0.3, 0.4) is 0 Å². The molecule has 4 heteroatoms. The van der Waals surface area contributed by atoms with Gasteiger partial charge in [-0.3, -0.25) is 4.79 Å². The first-order valence-corrected chi connectivity index (χ1v) is 7.28. The van der Waals surface area contributed by atoms with Crippen molar-refractivity contribution >= 4 is 23.2 Å². The van der Waals surface area contributed by atoms with Crippen LogP contribution in [0.5, 0.6) is 0 Å². The quantitative estimate of drug-likeness (QED) is 0.713. The Bertz CT molecular complexity index is 407. The molecule has 1 amide bonds. The number of carbonyl (C=O) groups is 1. The van der Waals surface area contributed by atoms with Gasteiger partial charge in [-0.1, -0.05) is 37.4 Å². The van der Waals surface area contributed by atoms with Crippen LogP contribution in [-0.4, -0.2) is 19.0 Å². The Balaban J connectivity index is 2.22. The van der Waals surface area contributed by atoms with Crippen molar-refractivity contribution in [3.8, 4) is 0 Å². The number of aryl methyl sites for hydroxylation is 1. The van der Waals surface area contributed by atoms with Gasteiger partial charge in [0.25, 0.3) is 0 Å². The minimum absolute atomic E-state index is 0.100. The monoisotopic (exact) mass is 282 g/mol. The van der Waals surface area contributed by atoms with Gasteiger partial charge in [-0.05, 0) is 31.0 Å². The lowest BCUT2D eigenvalue weighted by atomic mass is 10.2. The fourth-order valence-corrected chi connectivity index (χ4v) is 1.96. The molecule has 0 atom stereocenters. The lowest BCUT2D eigenvalue weighted by Gasteiger charge is -2.10. The van der Waals surface area contributed by atoms with Crippen molar-refractivity contribution < 1.29 is 4.79 Å². The Morgan fingerprint density at radius 2 is 2.05 bits per heavy atom. The Morgan fingerprint density at radius 1 is 1.26 bits per heavy atom. The molecular weight excluding hydrogens is 260 g/mol. The molecule has 0 aromatic heterocycles. The minimum Gasteiger partial charge on any atom is -0.384 e. The SMILES string of the molecule is CCCCCNC(=O)CCNc1cc(Cl)ccc1C. The molecule has 0 fully saturated rings. The van der Waals surface area contributed by atoms with Crippen molar-refractivity contribution in [1.29, 1.82) is 0 Å². The normalized spacial score (nSPS) is 10.3. The lowest BCUT2D eigenvalue weighted by molar-refractivity contribution is -0.120. The van der Waals surface area contributed by atoms with Crippen molar-refractivity contribution in [2.45, 2.75) is 39.5 Å². The number of nitrogens with one attached hydrogen (secondary N) is 2. The number of carbonyl (C=O) groups excluding carboxylic acids is 1. The maximum Gasteiger partial charge on any atom is 0.221 e. The summed E-state index contributed by atoms with van der Waals surface area (Å²) in [5.74, 6) is 0.100. The smallest absolute Gasteiger partial charge is 0.221 e. The van der Waals surface area contributed by atoms with Gasteiger partial charge >= 0.3 is 0 Å². The van der Waals surface area contributed by atoms with Crippen molar-refractivity contribution in [3.63, 3.8) is 0 Å². The van der Waals surface area contributed by atoms with Gasteiger partial charge in [-0.25, -0.2) is 0 Å². The molecule has 0 saturated heterocycles. The van der Waals surface area contributed by atoms with E-state index in [1.54, 1.807) is 0 Å². The number of anilines is 1. The Hall–Kier alpha value is -1.22. The Labute approximate surface area is 120 Å². The van der Waals surface area contributed by atoms with Crippen LogP contribution in [0.1, 0.15) is 38.2 Å². The molecule has 0 aliphatic rings. The highest BCUT2D eigenvalue weighted by Gasteiger charge is 2.02. The molecule has 0 radical (unpaired) electrons. The number of amides is 1. The molecule has 0 spiro atoms. The topological polar surface area (TPSA) is 41.1 Å². The maximum atomic E-state index is 11.6. The van der Waals surface area contributed by atoms with Gasteiger partial charge in [-0.15, -0.1) is 0 Å². The van der Waals surface area contributed by atoms with Gasteiger partial charge in [0, 0.05) is 30.2 Å². The summed E-state index contributed by atoms with van der Waals surface area (Å²) in [4.78, 5) is 11.6. The van der Waals surface area contributed by atoms with Crippen molar-refractivity contribution in [2.75, 3.05) is 18.4 Å². The second kappa shape index (κ2) is 8.81. The zero-order chi connectivity index (χ0) is 14.1. The summed E-state index contributed by atoms with van der Waals surface area (Å²) in [7, 11) is 0. The highest BCUT2D eigenvalue weighted by Crippen LogP contribution is 2.19. The van der Waals surface area contributed by atoms with Crippen LogP contribution in [0.4, 0.5) is 5.69 Å². The van der Waals surface area contributed by atoms with E-state index in [1.165, 1.54) is 12.8 Å². The summed E-state index contributed by atoms with van der Waals surface area (Å²) in [5, 5.41) is 6.87. The molecule has 0 heterocycles. The zero-order valence-electron chi connectivity index (χ0n) is 11.8. The number of hydrogen-bond acceptors (Lipinski definition) is 2. The van der Waals surface area contributed by atoms with Crippen LogP contribution < -0.4 is 10.6 Å². The Morgan fingerprint density at radius 3 is 2.79 bits per heavy atom. The summed E-state index contributed by atoms with van der Waals surface area (Å²) < 4.78 is 0. The van der Waals surface area contributed by atoms with Crippen LogP contribution in [0.15, 0.2) is 18.2 Å². The van der Waals surface area contributed by atoms with Gasteiger partial charge < -0.3 is 10.6 Å². The lowest BCUT2D eigenvalue weighted by Crippen LogP contribution is -2.26. The van der Waals surface area contributed by atoms with E-state index in [1.807, 2.05) is 25.1 Å². The van der Waals surface area contributed by atoms with E-state index in [9.17, 15) is 4.79 Å². The second-order valence-electron chi connectivity index (χ2n) is 4.69. The fourth-order valence-electron chi connectivity index (χ4n) is 1.79. The summed E-state index contributed by atoms with van der Waals surface area (Å²) in [6.45, 7) is 5.58. The number of rotatable bonds is 8. The highest BCUT2D eigenvalue weighted by atomic mass is 35.5. The summed E-state index contributed by atoms with van der Waals surface area (Å²) in [5.41, 5.74) is 2.12. The molecule has 1 aromatic carbocycles. The van der Waals surface area contributed by atoms with Gasteiger partial charge in [0.15, 0.2) is 0 Å². The van der Waals surface area contributed by atoms with Crippen LogP contribution in [-0.2, 0) is 4.79 Å². The van der Waals surface area contributed by atoms with E-state index in [-0.39, 0.29) is 5.91 Å². The van der Waals surface area contributed by atoms with Gasteiger partial charge in [-0.2, -0.15) is 0 Å². The van der Waals surface area contributed by atoms with E-state index in [0.29, 0.717) is 18.0 Å². The predicted molar refractivity (Wildman–Crippen MR) is 81.8 cm³/mol. The number of hydrogen-bond donors (Lipinski definition) is 2. The molecule has 0 bridgehead atoms. The highest BCUT2D eigenvalue weighted by molar-refractivity contribution is 6.30. The van der Waals surface area contributed by atoms with Crippen molar-refractivity contribution in [3.05, 3.63) is 28.8 Å². The first kappa shape index (κ1) is 15.8. The molecule has 3 nitrogen and oxygen atoms in total. The van der Waals surface area contributed by atoms with Gasteiger partial charge in [0.2, 0.25) is 5.91 Å². The molecule has 2 N–H and O–H groups in total. The van der Waals surface area contributed by atoms with E-state index in [0.717, 1.165) is 24.2 Å². The first-order valence-electron chi connectivity index (χ1n) is 6.90. The van der Waals surface area contributed by atoms with Crippen LogP contribution in [0.2, 0.25) is 5.02 Å². The van der Waals surface area contributed by atoms with Gasteiger partial charge in [0.1, 0.15) is 0 Å². The third-order valence-corrected chi connectivity index (χ3v) is 3.20. The molecule has 0 aliphatic heterocycles. The summed E-state index contributed by atoms with van der Waals surface area (Å²) in [6, 6.07) is 5.72. The minimum atomic E-state index is 0.100. The van der Waals surface area contributed by atoms with Crippen LogP contribution >= 0.6 is 11.6 Å². The van der Waals surface area contributed by atoms with E-state index in [2.05, 4.69) is 17.6 Å². The zero-order valence-corrected chi connectivity index (χ0v) is 12.5. The number of benzene rings is 1. The summed E-state index contributed by atoms with van der Waals surface area (Å²) >= 11 is 5.94.